The van der Waals surface area contributed by atoms with E-state index in [0.717, 1.165) is 11.6 Å². The van der Waals surface area contributed by atoms with Gasteiger partial charge in [-0.2, -0.15) is 0 Å². The zero-order valence-corrected chi connectivity index (χ0v) is 9.64. The van der Waals surface area contributed by atoms with E-state index in [9.17, 15) is 14.7 Å². The molecule has 1 N–H and O–H groups in total. The Balaban J connectivity index is 2.86. The largest absolute Gasteiger partial charge is 0.507 e. The first-order chi connectivity index (χ1) is 8.04. The number of hydrogen-bond donors (Lipinski definition) is 1. The predicted octanol–water partition coefficient (Wildman–Crippen LogP) is 1.42. The highest BCUT2D eigenvalue weighted by molar-refractivity contribution is 6.39. The number of aliphatic hydroxyl groups excluding tert-OH is 1. The number of rotatable bonds is 4. The van der Waals surface area contributed by atoms with Crippen molar-refractivity contribution < 1.29 is 19.4 Å². The quantitative estimate of drug-likeness (QED) is 0.369. The van der Waals surface area contributed by atoms with Gasteiger partial charge in [0.05, 0.1) is 6.61 Å². The fourth-order valence-electron chi connectivity index (χ4n) is 1.16. The van der Waals surface area contributed by atoms with Crippen LogP contribution in [-0.2, 0) is 14.3 Å². The lowest BCUT2D eigenvalue weighted by Crippen LogP contribution is -2.15. The van der Waals surface area contributed by atoms with Crippen LogP contribution >= 0.6 is 0 Å². The molecule has 0 bridgehead atoms. The number of ketones is 1. The summed E-state index contributed by atoms with van der Waals surface area (Å²) in [6.07, 6.45) is 3.84. The fourth-order valence-corrected chi connectivity index (χ4v) is 1.16. The maximum absolute atomic E-state index is 11.3. The highest BCUT2D eigenvalue weighted by Gasteiger charge is 2.13. The van der Waals surface area contributed by atoms with Gasteiger partial charge < -0.3 is 9.84 Å². The van der Waals surface area contributed by atoms with E-state index in [0.29, 0.717) is 5.56 Å². The Bertz CT molecular complexity index is 465. The lowest BCUT2D eigenvalue weighted by Gasteiger charge is -2.01. The van der Waals surface area contributed by atoms with Crippen LogP contribution in [0.15, 0.2) is 24.5 Å². The van der Waals surface area contributed by atoms with E-state index in [-0.39, 0.29) is 12.4 Å². The van der Waals surface area contributed by atoms with Crippen molar-refractivity contribution in [1.29, 1.82) is 0 Å². The van der Waals surface area contributed by atoms with Gasteiger partial charge >= 0.3 is 5.97 Å². The van der Waals surface area contributed by atoms with Crippen molar-refractivity contribution >= 4 is 17.5 Å². The Kier molecular flexibility index (Phi) is 4.39. The van der Waals surface area contributed by atoms with Gasteiger partial charge in [0.15, 0.2) is 0 Å². The van der Waals surface area contributed by atoms with Crippen LogP contribution in [0.2, 0.25) is 0 Å². The first kappa shape index (κ1) is 12.9. The molecule has 5 heteroatoms. The maximum Gasteiger partial charge on any atom is 0.379 e. The van der Waals surface area contributed by atoms with Gasteiger partial charge in [-0.05, 0) is 25.5 Å². The maximum atomic E-state index is 11.3. The van der Waals surface area contributed by atoms with Gasteiger partial charge in [-0.25, -0.2) is 4.79 Å². The second-order valence-electron chi connectivity index (χ2n) is 3.37. The molecule has 0 amide bonds. The first-order valence-corrected chi connectivity index (χ1v) is 5.08. The molecule has 0 aromatic carbocycles. The van der Waals surface area contributed by atoms with Crippen molar-refractivity contribution in [3.05, 3.63) is 35.7 Å². The van der Waals surface area contributed by atoms with E-state index in [1.807, 2.05) is 0 Å². The number of carbonyl (C=O) groups excluding carboxylic acids is 2. The minimum absolute atomic E-state index is 0.116. The van der Waals surface area contributed by atoms with Gasteiger partial charge in [0.1, 0.15) is 5.76 Å². The lowest BCUT2D eigenvalue weighted by molar-refractivity contribution is -0.151. The average molecular weight is 235 g/mol. The second kappa shape index (κ2) is 5.79. The van der Waals surface area contributed by atoms with Crippen molar-refractivity contribution in [1.82, 2.24) is 4.98 Å². The molecule has 5 nitrogen and oxygen atoms in total. The van der Waals surface area contributed by atoms with Crippen LogP contribution in [0.1, 0.15) is 18.1 Å². The van der Waals surface area contributed by atoms with Gasteiger partial charge in [-0.15, -0.1) is 0 Å². The molecule has 0 fully saturated rings. The SMILES string of the molecule is CCOC(=O)C(=O)C=C(O)c1cncc(C)c1. The standard InChI is InChI=1S/C12H13NO4/c1-3-17-12(16)11(15)5-10(14)9-4-8(2)6-13-7-9/h4-7,14H,3H2,1-2H3. The molecule has 17 heavy (non-hydrogen) atoms. The summed E-state index contributed by atoms with van der Waals surface area (Å²) >= 11 is 0. The molecule has 0 atom stereocenters. The van der Waals surface area contributed by atoms with Crippen LogP contribution in [-0.4, -0.2) is 28.4 Å². The minimum Gasteiger partial charge on any atom is -0.507 e. The zero-order chi connectivity index (χ0) is 12.8. The summed E-state index contributed by atoms with van der Waals surface area (Å²) in [4.78, 5) is 26.2. The highest BCUT2D eigenvalue weighted by Crippen LogP contribution is 2.11. The molecule has 1 rings (SSSR count). The Hall–Kier alpha value is -2.17. The van der Waals surface area contributed by atoms with Gasteiger partial charge in [0, 0.05) is 24.0 Å². The number of ether oxygens (including phenoxy) is 1. The number of pyridine rings is 1. The zero-order valence-electron chi connectivity index (χ0n) is 9.64. The van der Waals surface area contributed by atoms with Gasteiger partial charge in [0.25, 0.3) is 5.78 Å². The summed E-state index contributed by atoms with van der Waals surface area (Å²) in [6, 6.07) is 1.65. The summed E-state index contributed by atoms with van der Waals surface area (Å²) < 4.78 is 4.50. The summed E-state index contributed by atoms with van der Waals surface area (Å²) in [5.74, 6) is -2.19. The van der Waals surface area contributed by atoms with Crippen LogP contribution in [0, 0.1) is 6.92 Å². The monoisotopic (exact) mass is 235 g/mol. The van der Waals surface area contributed by atoms with Gasteiger partial charge in [0.2, 0.25) is 0 Å². The van der Waals surface area contributed by atoms with E-state index < -0.39 is 11.8 Å². The molecule has 0 aliphatic rings. The highest BCUT2D eigenvalue weighted by atomic mass is 16.5. The average Bonchev–Trinajstić information content (AvgIpc) is 2.29. The summed E-state index contributed by atoms with van der Waals surface area (Å²) in [6.45, 7) is 3.52. The van der Waals surface area contributed by atoms with Gasteiger partial charge in [-0.3, -0.25) is 9.78 Å². The number of hydrogen-bond acceptors (Lipinski definition) is 5. The minimum atomic E-state index is -0.986. The molecule has 1 heterocycles. The Morgan fingerprint density at radius 1 is 1.47 bits per heavy atom. The van der Waals surface area contributed by atoms with Crippen LogP contribution in [0.25, 0.3) is 5.76 Å². The summed E-state index contributed by atoms with van der Waals surface area (Å²) in [7, 11) is 0. The molecule has 0 radical (unpaired) electrons. The summed E-state index contributed by atoms with van der Waals surface area (Å²) in [5, 5.41) is 9.62. The fraction of sp³-hybridized carbons (Fsp3) is 0.250. The van der Waals surface area contributed by atoms with Crippen LogP contribution in [0.5, 0.6) is 0 Å². The molecular formula is C12H13NO4. The topological polar surface area (TPSA) is 76.5 Å². The third-order valence-electron chi connectivity index (χ3n) is 1.92. The third kappa shape index (κ3) is 3.71. The Labute approximate surface area is 98.7 Å². The van der Waals surface area contributed by atoms with E-state index in [2.05, 4.69) is 9.72 Å². The molecule has 0 saturated heterocycles. The van der Waals surface area contributed by atoms with Crippen molar-refractivity contribution in [3.8, 4) is 0 Å². The van der Waals surface area contributed by atoms with Crippen molar-refractivity contribution in [3.63, 3.8) is 0 Å². The van der Waals surface area contributed by atoms with Crippen LogP contribution < -0.4 is 0 Å². The third-order valence-corrected chi connectivity index (χ3v) is 1.92. The van der Waals surface area contributed by atoms with E-state index in [4.69, 9.17) is 0 Å². The van der Waals surface area contributed by atoms with Gasteiger partial charge in [-0.1, -0.05) is 0 Å². The number of esters is 1. The molecule has 0 unspecified atom stereocenters. The smallest absolute Gasteiger partial charge is 0.379 e. The molecular weight excluding hydrogens is 222 g/mol. The molecule has 1 aromatic rings. The number of carbonyl (C=O) groups is 2. The predicted molar refractivity (Wildman–Crippen MR) is 61.2 cm³/mol. The van der Waals surface area contributed by atoms with Crippen LogP contribution in [0.3, 0.4) is 0 Å². The lowest BCUT2D eigenvalue weighted by atomic mass is 10.1. The van der Waals surface area contributed by atoms with Crippen molar-refractivity contribution in [2.75, 3.05) is 6.61 Å². The number of nitrogens with zero attached hydrogens (tertiary/aromatic N) is 1. The first-order valence-electron chi connectivity index (χ1n) is 5.08. The van der Waals surface area contributed by atoms with Crippen LogP contribution in [0.4, 0.5) is 0 Å². The van der Waals surface area contributed by atoms with Crippen molar-refractivity contribution in [2.45, 2.75) is 13.8 Å². The second-order valence-corrected chi connectivity index (χ2v) is 3.37. The Morgan fingerprint density at radius 3 is 2.76 bits per heavy atom. The molecule has 90 valence electrons. The van der Waals surface area contributed by atoms with Crippen molar-refractivity contribution in [2.24, 2.45) is 0 Å². The summed E-state index contributed by atoms with van der Waals surface area (Å²) in [5.41, 5.74) is 1.22. The molecule has 1 aromatic heterocycles. The van der Waals surface area contributed by atoms with E-state index in [1.165, 1.54) is 6.20 Å². The normalized spacial score (nSPS) is 11.1. The van der Waals surface area contributed by atoms with E-state index in [1.54, 1.807) is 26.1 Å². The number of aliphatic hydroxyl groups is 1. The van der Waals surface area contributed by atoms with E-state index >= 15 is 0 Å². The Morgan fingerprint density at radius 2 is 2.18 bits per heavy atom. The molecule has 0 aliphatic heterocycles. The molecule has 0 spiro atoms. The number of aryl methyl sites for hydroxylation is 1. The molecule has 0 aliphatic carbocycles. The molecule has 0 saturated carbocycles. The number of aromatic nitrogens is 1.